The Kier molecular flexibility index (Phi) is 21.0. The lowest BCUT2D eigenvalue weighted by Gasteiger charge is -2.11. The van der Waals surface area contributed by atoms with E-state index in [9.17, 15) is 0 Å². The van der Waals surface area contributed by atoms with Gasteiger partial charge < -0.3 is 22.8 Å². The maximum absolute atomic E-state index is 5.01. The van der Waals surface area contributed by atoms with Gasteiger partial charge in [-0.1, -0.05) is 303 Å². The van der Waals surface area contributed by atoms with Crippen LogP contribution in [-0.4, -0.2) is 92.6 Å². The first-order chi connectivity index (χ1) is 73.8. The van der Waals surface area contributed by atoms with Gasteiger partial charge in [-0.05, 0) is 191 Å². The molecule has 0 saturated carbocycles. The van der Waals surface area contributed by atoms with Gasteiger partial charge >= 0.3 is 0 Å². The summed E-state index contributed by atoms with van der Waals surface area (Å²) in [6.07, 6.45) is 9.14. The Bertz CT molecular complexity index is 9560. The van der Waals surface area contributed by atoms with Crippen LogP contribution in [0.15, 0.2) is 492 Å². The molecule has 29 rings (SSSR count). The summed E-state index contributed by atoms with van der Waals surface area (Å²) in [6.45, 7) is 0. The van der Waals surface area contributed by atoms with Crippen molar-refractivity contribution >= 4 is 109 Å². The molecule has 696 valence electrons. The zero-order valence-corrected chi connectivity index (χ0v) is 79.8. The highest BCUT2D eigenvalue weighted by atomic mass is 15.1. The first-order valence-corrected chi connectivity index (χ1v) is 49.4. The van der Waals surface area contributed by atoms with E-state index in [0.717, 1.165) is 139 Å². The highest BCUT2D eigenvalue weighted by Crippen LogP contribution is 2.45. The van der Waals surface area contributed by atoms with Gasteiger partial charge in [0.15, 0.2) is 52.4 Å². The van der Waals surface area contributed by atoms with E-state index >= 15 is 0 Å². The van der Waals surface area contributed by atoms with E-state index in [0.29, 0.717) is 69.8 Å². The molecule has 0 saturated heterocycles. The number of para-hydroxylation sites is 6. The molecule has 0 aliphatic heterocycles. The van der Waals surface area contributed by atoms with Crippen LogP contribution in [0.4, 0.5) is 0 Å². The Morgan fingerprint density at radius 2 is 0.322 bits per heavy atom. The maximum atomic E-state index is 5.01. The van der Waals surface area contributed by atoms with E-state index in [1.807, 2.05) is 195 Å². The molecule has 0 amide bonds. The predicted molar refractivity (Wildman–Crippen MR) is 599 cm³/mol. The molecule has 0 spiro atoms. The molecule has 11 heterocycles. The number of rotatable bonds is 17. The molecule has 0 bridgehead atoms. The van der Waals surface area contributed by atoms with Crippen molar-refractivity contribution < 1.29 is 0 Å². The average Bonchev–Trinajstić information content (AvgIpc) is 1.59. The summed E-state index contributed by atoms with van der Waals surface area (Å²) in [4.78, 5) is 68.0. The van der Waals surface area contributed by atoms with E-state index < -0.39 is 0 Å². The lowest BCUT2D eigenvalue weighted by atomic mass is 9.98. The highest BCUT2D eigenvalue weighted by Gasteiger charge is 2.26. The van der Waals surface area contributed by atoms with Crippen molar-refractivity contribution in [3.8, 4) is 165 Å². The lowest BCUT2D eigenvalue weighted by molar-refractivity contribution is 1.01. The van der Waals surface area contributed by atoms with Gasteiger partial charge in [-0.3, -0.25) is 4.98 Å². The molecule has 0 aliphatic rings. The topological polar surface area (TPSA) is 205 Å². The van der Waals surface area contributed by atoms with Gasteiger partial charge in [0.25, 0.3) is 0 Å². The van der Waals surface area contributed by atoms with Crippen molar-refractivity contribution in [3.63, 3.8) is 0 Å². The van der Waals surface area contributed by atoms with Gasteiger partial charge in [0.1, 0.15) is 5.69 Å². The van der Waals surface area contributed by atoms with Crippen LogP contribution in [0, 0.1) is 0 Å². The summed E-state index contributed by atoms with van der Waals surface area (Å²) < 4.78 is 11.6. The standard InChI is InChI=1S/C68H43N7.C62H38N12/c1-4-16-44(17-5-1)66-70-67(72-68(71-66)59-24-14-15-39-69-59)45-27-33-52(34-28-45)75-64-37-31-48(46-29-35-62-55(40-46)53-22-10-12-25-60(53)73(62)50-18-6-2-7-19-50)42-57(64)58-43-49(32-38-65(58)75)47-30-36-63-56(41-47)54-23-11-13-26-61(54)74(63)51-20-8-3-9-21-51;1-5-17-39(18-6-1)55-67-56(40-19-7-2-8-20-40)70-61(69-55)59-63-35-45(36-64-59)73-51-27-15-13-25-47(51)49-33-43(29-31-53(49)73)44-30-32-54-50(34-44)48-26-14-16-28-52(48)74(54)46-37-65-60(66-38-46)62-71-57(41-21-9-3-10-22-41)68-58(72-62)42-23-11-4-12-24-42/h1-43H;1-38H. The minimum Gasteiger partial charge on any atom is -0.309 e. The van der Waals surface area contributed by atoms with Crippen molar-refractivity contribution in [1.29, 1.82) is 0 Å². The molecule has 0 aliphatic carbocycles. The molecule has 11 aromatic heterocycles. The Balaban J connectivity index is 0.000000143. The van der Waals surface area contributed by atoms with Gasteiger partial charge in [0.05, 0.1) is 91.3 Å². The largest absolute Gasteiger partial charge is 0.309 e. The zero-order chi connectivity index (χ0) is 98.4. The third-order valence-electron chi connectivity index (χ3n) is 28.0. The fourth-order valence-electron chi connectivity index (χ4n) is 21.0. The van der Waals surface area contributed by atoms with E-state index in [1.165, 1.54) is 65.5 Å². The highest BCUT2D eigenvalue weighted by molar-refractivity contribution is 6.17. The summed E-state index contributed by atoms with van der Waals surface area (Å²) in [6, 6.07) is 161. The van der Waals surface area contributed by atoms with Gasteiger partial charge in [-0.2, -0.15) is 0 Å². The molecule has 29 aromatic rings. The van der Waals surface area contributed by atoms with Crippen LogP contribution in [0.1, 0.15) is 0 Å². The molecule has 0 N–H and O–H groups in total. The van der Waals surface area contributed by atoms with Gasteiger partial charge in [0.2, 0.25) is 11.6 Å². The normalized spacial score (nSPS) is 11.6. The molecular formula is C130H81N19. The Hall–Kier alpha value is -20.7. The van der Waals surface area contributed by atoms with Crippen molar-refractivity contribution in [1.82, 2.24) is 92.6 Å². The van der Waals surface area contributed by atoms with E-state index in [1.54, 1.807) is 6.20 Å². The molecule has 19 heteroatoms. The molecular weight excluding hydrogens is 1830 g/mol. The summed E-state index contributed by atoms with van der Waals surface area (Å²) in [7, 11) is 0. The first kappa shape index (κ1) is 86.2. The van der Waals surface area contributed by atoms with Gasteiger partial charge in [0, 0.05) is 111 Å². The summed E-state index contributed by atoms with van der Waals surface area (Å²) in [5.41, 5.74) is 29.0. The molecule has 0 radical (unpaired) electrons. The summed E-state index contributed by atoms with van der Waals surface area (Å²) in [5, 5.41) is 11.7. The molecule has 0 fully saturated rings. The molecule has 18 aromatic carbocycles. The van der Waals surface area contributed by atoms with Gasteiger partial charge in [-0.25, -0.2) is 64.8 Å². The van der Waals surface area contributed by atoms with Crippen molar-refractivity contribution in [3.05, 3.63) is 492 Å². The Morgan fingerprint density at radius 3 is 0.591 bits per heavy atom. The summed E-state index contributed by atoms with van der Waals surface area (Å²) in [5.74, 6) is 5.54. The monoisotopic (exact) mass is 1910 g/mol. The fourth-order valence-corrected chi connectivity index (χ4v) is 21.0. The second-order valence-electron chi connectivity index (χ2n) is 36.8. The van der Waals surface area contributed by atoms with E-state index in [2.05, 4.69) is 319 Å². The predicted octanol–water partition coefficient (Wildman–Crippen LogP) is 30.4. The Labute approximate surface area is 852 Å². The lowest BCUT2D eigenvalue weighted by Crippen LogP contribution is -2.03. The molecule has 0 atom stereocenters. The van der Waals surface area contributed by atoms with Crippen LogP contribution in [-0.2, 0) is 0 Å². The van der Waals surface area contributed by atoms with Crippen LogP contribution >= 0.6 is 0 Å². The molecule has 0 unspecified atom stereocenters. The second-order valence-corrected chi connectivity index (χ2v) is 36.8. The Morgan fingerprint density at radius 1 is 0.121 bits per heavy atom. The molecule has 149 heavy (non-hydrogen) atoms. The SMILES string of the molecule is c1ccc(-c2nc(-c3ccc(-n4c5ccc(-c6ccc7c(c6)c6ccccc6n7-c6ccccc6)cc5c5cc(-c6ccc7c(c6)c6ccccc6n7-c6ccccc6)ccc54)cc3)nc(-c3ccccn3)n2)cc1.c1ccc(-c2nc(-c3ccccc3)nc(-c3ncc(-n4c5ccccc5c5cc(-c6ccc7c(c6)c6ccccc6n7-c6cnc(-c7nc(-c8ccccc8)nc(-c8ccccc8)n7)nc6)ccc54)cn3)n2)cc1. The zero-order valence-electron chi connectivity index (χ0n) is 79.8. The van der Waals surface area contributed by atoms with Crippen molar-refractivity contribution in [2.24, 2.45) is 0 Å². The van der Waals surface area contributed by atoms with E-state index in [4.69, 9.17) is 64.8 Å². The average molecular weight is 1910 g/mol. The maximum Gasteiger partial charge on any atom is 0.201 e. The smallest absolute Gasteiger partial charge is 0.201 e. The third-order valence-corrected chi connectivity index (χ3v) is 28.0. The number of hydrogen-bond acceptors (Lipinski definition) is 14. The van der Waals surface area contributed by atoms with Crippen molar-refractivity contribution in [2.75, 3.05) is 0 Å². The number of fused-ring (bicyclic) bond motifs is 15. The van der Waals surface area contributed by atoms with Crippen LogP contribution in [0.3, 0.4) is 0 Å². The number of pyridine rings is 1. The fraction of sp³-hybridized carbons (Fsp3) is 0. The number of benzene rings is 18. The number of aromatic nitrogens is 19. The van der Waals surface area contributed by atoms with Gasteiger partial charge in [-0.15, -0.1) is 0 Å². The quantitative estimate of drug-likeness (QED) is 0.0832. The van der Waals surface area contributed by atoms with Crippen LogP contribution < -0.4 is 0 Å². The minimum absolute atomic E-state index is 0.397. The minimum atomic E-state index is 0.397. The van der Waals surface area contributed by atoms with Crippen LogP contribution in [0.25, 0.3) is 274 Å². The molecule has 19 nitrogen and oxygen atoms in total. The van der Waals surface area contributed by atoms with Crippen LogP contribution in [0.2, 0.25) is 0 Å². The van der Waals surface area contributed by atoms with Crippen LogP contribution in [0.5, 0.6) is 0 Å². The number of hydrogen-bond donors (Lipinski definition) is 0. The summed E-state index contributed by atoms with van der Waals surface area (Å²) >= 11 is 0. The van der Waals surface area contributed by atoms with E-state index in [-0.39, 0.29) is 0 Å². The van der Waals surface area contributed by atoms with Crippen molar-refractivity contribution in [2.45, 2.75) is 0 Å². The second kappa shape index (κ2) is 36.4. The third kappa shape index (κ3) is 15.5. The first-order valence-electron chi connectivity index (χ1n) is 49.4. The number of nitrogens with zero attached hydrogens (tertiary/aromatic N) is 19.